The SMILES string of the molecule is CCC(C)C(NC(=O)NCC1Cc2ccccc21)C(=O)O. The highest BCUT2D eigenvalue weighted by Crippen LogP contribution is 2.33. The van der Waals surface area contributed by atoms with Crippen molar-refractivity contribution in [3.63, 3.8) is 0 Å². The number of carbonyl (C=O) groups excluding carboxylic acids is 1. The van der Waals surface area contributed by atoms with Gasteiger partial charge in [0.15, 0.2) is 0 Å². The summed E-state index contributed by atoms with van der Waals surface area (Å²) in [7, 11) is 0. The van der Waals surface area contributed by atoms with Crippen molar-refractivity contribution in [2.75, 3.05) is 6.54 Å². The molecule has 2 rings (SSSR count). The summed E-state index contributed by atoms with van der Waals surface area (Å²) < 4.78 is 0. The van der Waals surface area contributed by atoms with Crippen molar-refractivity contribution in [1.29, 1.82) is 0 Å². The van der Waals surface area contributed by atoms with Gasteiger partial charge >= 0.3 is 12.0 Å². The Morgan fingerprint density at radius 3 is 2.71 bits per heavy atom. The minimum Gasteiger partial charge on any atom is -0.480 e. The van der Waals surface area contributed by atoms with Crippen molar-refractivity contribution < 1.29 is 14.7 Å². The fraction of sp³-hybridized carbons (Fsp3) is 0.500. The normalized spacial score (nSPS) is 18.9. The molecule has 0 saturated heterocycles. The monoisotopic (exact) mass is 290 g/mol. The second kappa shape index (κ2) is 6.61. The van der Waals surface area contributed by atoms with Gasteiger partial charge in [0.25, 0.3) is 0 Å². The first-order valence-corrected chi connectivity index (χ1v) is 7.37. The predicted molar refractivity (Wildman–Crippen MR) is 80.3 cm³/mol. The second-order valence-electron chi connectivity index (χ2n) is 5.66. The van der Waals surface area contributed by atoms with Crippen molar-refractivity contribution in [2.24, 2.45) is 5.92 Å². The van der Waals surface area contributed by atoms with E-state index in [0.29, 0.717) is 18.9 Å². The van der Waals surface area contributed by atoms with Gasteiger partial charge in [-0.3, -0.25) is 0 Å². The fourth-order valence-electron chi connectivity index (χ4n) is 2.64. The van der Waals surface area contributed by atoms with Gasteiger partial charge in [0.1, 0.15) is 6.04 Å². The molecular formula is C16H22N2O3. The summed E-state index contributed by atoms with van der Waals surface area (Å²) in [5.41, 5.74) is 2.60. The number of urea groups is 1. The fourth-order valence-corrected chi connectivity index (χ4v) is 2.64. The highest BCUT2D eigenvalue weighted by molar-refractivity contribution is 5.82. The van der Waals surface area contributed by atoms with Crippen LogP contribution in [-0.4, -0.2) is 29.7 Å². The van der Waals surface area contributed by atoms with Gasteiger partial charge < -0.3 is 15.7 Å². The standard InChI is InChI=1S/C16H22N2O3/c1-3-10(2)14(15(19)20)18-16(21)17-9-12-8-11-6-4-5-7-13(11)12/h4-7,10,12,14H,3,8-9H2,1-2H3,(H,19,20)(H2,17,18,21). The molecule has 21 heavy (non-hydrogen) atoms. The number of hydrogen-bond acceptors (Lipinski definition) is 2. The summed E-state index contributed by atoms with van der Waals surface area (Å²) in [5.74, 6) is -0.759. The van der Waals surface area contributed by atoms with E-state index in [0.717, 1.165) is 6.42 Å². The molecule has 0 saturated carbocycles. The van der Waals surface area contributed by atoms with Gasteiger partial charge in [-0.2, -0.15) is 0 Å². The molecule has 1 aliphatic rings. The van der Waals surface area contributed by atoms with Gasteiger partial charge in [-0.1, -0.05) is 44.5 Å². The Labute approximate surface area is 124 Å². The number of rotatable bonds is 6. The van der Waals surface area contributed by atoms with Crippen LogP contribution in [0.3, 0.4) is 0 Å². The summed E-state index contributed by atoms with van der Waals surface area (Å²) in [5, 5.41) is 14.5. The number of aliphatic carboxylic acids is 1. The van der Waals surface area contributed by atoms with Crippen LogP contribution in [0.15, 0.2) is 24.3 Å². The molecule has 0 spiro atoms. The molecule has 2 amide bonds. The predicted octanol–water partition coefficient (Wildman–Crippen LogP) is 2.12. The maximum absolute atomic E-state index is 11.8. The minimum atomic E-state index is -0.992. The summed E-state index contributed by atoms with van der Waals surface area (Å²) in [6, 6.07) is 6.92. The van der Waals surface area contributed by atoms with E-state index in [2.05, 4.69) is 22.8 Å². The highest BCUT2D eigenvalue weighted by Gasteiger charge is 2.28. The van der Waals surface area contributed by atoms with Gasteiger partial charge in [-0.25, -0.2) is 9.59 Å². The Morgan fingerprint density at radius 1 is 1.38 bits per heavy atom. The van der Waals surface area contributed by atoms with Crippen LogP contribution in [0.1, 0.15) is 37.3 Å². The van der Waals surface area contributed by atoms with Gasteiger partial charge in [0, 0.05) is 12.5 Å². The number of benzene rings is 1. The van der Waals surface area contributed by atoms with E-state index in [9.17, 15) is 9.59 Å². The first kappa shape index (κ1) is 15.4. The van der Waals surface area contributed by atoms with Crippen LogP contribution in [0.2, 0.25) is 0 Å². The van der Waals surface area contributed by atoms with Crippen LogP contribution >= 0.6 is 0 Å². The molecule has 0 aliphatic heterocycles. The largest absolute Gasteiger partial charge is 0.480 e. The molecule has 114 valence electrons. The van der Waals surface area contributed by atoms with E-state index < -0.39 is 18.0 Å². The zero-order valence-corrected chi connectivity index (χ0v) is 12.4. The Balaban J connectivity index is 1.82. The van der Waals surface area contributed by atoms with Crippen LogP contribution in [-0.2, 0) is 11.2 Å². The summed E-state index contributed by atoms with van der Waals surface area (Å²) in [6.45, 7) is 4.27. The van der Waals surface area contributed by atoms with E-state index in [1.165, 1.54) is 11.1 Å². The van der Waals surface area contributed by atoms with Crippen LogP contribution in [0, 0.1) is 5.92 Å². The van der Waals surface area contributed by atoms with Crippen LogP contribution in [0.4, 0.5) is 4.79 Å². The lowest BCUT2D eigenvalue weighted by atomic mass is 9.78. The molecule has 1 aromatic carbocycles. The molecular weight excluding hydrogens is 268 g/mol. The van der Waals surface area contributed by atoms with Crippen LogP contribution < -0.4 is 10.6 Å². The topological polar surface area (TPSA) is 78.4 Å². The van der Waals surface area contributed by atoms with Gasteiger partial charge in [-0.05, 0) is 23.5 Å². The molecule has 5 nitrogen and oxygen atoms in total. The zero-order valence-electron chi connectivity index (χ0n) is 12.4. The number of carboxylic acid groups (broad SMARTS) is 1. The Hall–Kier alpha value is -2.04. The Morgan fingerprint density at radius 2 is 2.10 bits per heavy atom. The van der Waals surface area contributed by atoms with Crippen molar-refractivity contribution >= 4 is 12.0 Å². The zero-order chi connectivity index (χ0) is 15.4. The highest BCUT2D eigenvalue weighted by atomic mass is 16.4. The van der Waals surface area contributed by atoms with Gasteiger partial charge in [-0.15, -0.1) is 0 Å². The van der Waals surface area contributed by atoms with Gasteiger partial charge in [0.2, 0.25) is 0 Å². The number of fused-ring (bicyclic) bond motifs is 1. The van der Waals surface area contributed by atoms with E-state index in [4.69, 9.17) is 5.11 Å². The van der Waals surface area contributed by atoms with E-state index >= 15 is 0 Å². The quantitative estimate of drug-likeness (QED) is 0.751. The maximum Gasteiger partial charge on any atom is 0.326 e. The summed E-state index contributed by atoms with van der Waals surface area (Å²) >= 11 is 0. The number of carbonyl (C=O) groups is 2. The third-order valence-corrected chi connectivity index (χ3v) is 4.24. The first-order valence-electron chi connectivity index (χ1n) is 7.37. The molecule has 3 atom stereocenters. The molecule has 1 aliphatic carbocycles. The molecule has 3 N–H and O–H groups in total. The first-order chi connectivity index (χ1) is 10.0. The molecule has 0 fully saturated rings. The van der Waals surface area contributed by atoms with Crippen molar-refractivity contribution in [3.8, 4) is 0 Å². The summed E-state index contributed by atoms with van der Waals surface area (Å²) in [4.78, 5) is 23.0. The molecule has 0 heterocycles. The number of carboxylic acids is 1. The van der Waals surface area contributed by atoms with Crippen LogP contribution in [0.25, 0.3) is 0 Å². The Kier molecular flexibility index (Phi) is 4.83. The second-order valence-corrected chi connectivity index (χ2v) is 5.66. The molecule has 1 aromatic rings. The number of amides is 2. The van der Waals surface area contributed by atoms with Crippen molar-refractivity contribution in [1.82, 2.24) is 10.6 Å². The lowest BCUT2D eigenvalue weighted by Crippen LogP contribution is -2.50. The molecule has 3 unspecified atom stereocenters. The summed E-state index contributed by atoms with van der Waals surface area (Å²) in [6.07, 6.45) is 1.66. The molecule has 0 radical (unpaired) electrons. The van der Waals surface area contributed by atoms with E-state index in [-0.39, 0.29) is 5.92 Å². The van der Waals surface area contributed by atoms with Crippen LogP contribution in [0.5, 0.6) is 0 Å². The van der Waals surface area contributed by atoms with Crippen molar-refractivity contribution in [3.05, 3.63) is 35.4 Å². The average molecular weight is 290 g/mol. The molecule has 5 heteroatoms. The third-order valence-electron chi connectivity index (χ3n) is 4.24. The number of nitrogens with one attached hydrogen (secondary N) is 2. The average Bonchev–Trinajstić information content (AvgIpc) is 2.44. The lowest BCUT2D eigenvalue weighted by Gasteiger charge is -2.30. The molecule has 0 bridgehead atoms. The smallest absolute Gasteiger partial charge is 0.326 e. The number of hydrogen-bond donors (Lipinski definition) is 3. The third kappa shape index (κ3) is 3.54. The maximum atomic E-state index is 11.8. The minimum absolute atomic E-state index is 0.0994. The van der Waals surface area contributed by atoms with Crippen molar-refractivity contribution in [2.45, 2.75) is 38.6 Å². The van der Waals surface area contributed by atoms with Gasteiger partial charge in [0.05, 0.1) is 0 Å². The van der Waals surface area contributed by atoms with E-state index in [1.54, 1.807) is 0 Å². The Bertz CT molecular complexity index is 530. The van der Waals surface area contributed by atoms with E-state index in [1.807, 2.05) is 26.0 Å². The lowest BCUT2D eigenvalue weighted by molar-refractivity contribution is -0.140. The molecule has 0 aromatic heterocycles.